The summed E-state index contributed by atoms with van der Waals surface area (Å²) in [5, 5.41) is 6.82. The fourth-order valence-electron chi connectivity index (χ4n) is 1.75. The molecule has 1 aromatic heterocycles. The Bertz CT molecular complexity index is 609. The molecular weight excluding hydrogens is 254 g/mol. The van der Waals surface area contributed by atoms with Crippen LogP contribution in [0.1, 0.15) is 10.5 Å². The van der Waals surface area contributed by atoms with E-state index in [0.717, 1.165) is 5.52 Å². The number of carbonyl (C=O) groups is 1. The third-order valence-electron chi connectivity index (χ3n) is 2.78. The Hall–Kier alpha value is -2.02. The highest BCUT2D eigenvalue weighted by Crippen LogP contribution is 2.17. The van der Waals surface area contributed by atoms with Crippen molar-refractivity contribution in [3.63, 3.8) is 0 Å². The zero-order valence-electron chi connectivity index (χ0n) is 10.4. The highest BCUT2D eigenvalue weighted by molar-refractivity contribution is 6.04. The van der Waals surface area contributed by atoms with Gasteiger partial charge >= 0.3 is 0 Å². The van der Waals surface area contributed by atoms with E-state index in [1.807, 2.05) is 6.07 Å². The molecule has 1 heterocycles. The summed E-state index contributed by atoms with van der Waals surface area (Å²) in [6, 6.07) is 7.09. The van der Waals surface area contributed by atoms with E-state index in [1.165, 1.54) is 4.68 Å². The minimum atomic E-state index is -3.11. The molecule has 5 nitrogen and oxygen atoms in total. The van der Waals surface area contributed by atoms with E-state index in [1.54, 1.807) is 25.2 Å². The molecule has 19 heavy (non-hydrogen) atoms. The third-order valence-corrected chi connectivity index (χ3v) is 2.78. The van der Waals surface area contributed by atoms with Crippen molar-refractivity contribution in [1.82, 2.24) is 15.1 Å². The van der Waals surface area contributed by atoms with Gasteiger partial charge in [0.1, 0.15) is 0 Å². The Kier molecular flexibility index (Phi) is 3.48. The van der Waals surface area contributed by atoms with Crippen LogP contribution < -0.4 is 11.1 Å². The van der Waals surface area contributed by atoms with Gasteiger partial charge in [-0.2, -0.15) is 5.10 Å². The van der Waals surface area contributed by atoms with Crippen molar-refractivity contribution in [1.29, 1.82) is 0 Å². The first-order valence-corrected chi connectivity index (χ1v) is 5.72. The van der Waals surface area contributed by atoms with Crippen LogP contribution in [0.5, 0.6) is 0 Å². The average Bonchev–Trinajstić information content (AvgIpc) is 2.74. The van der Waals surface area contributed by atoms with E-state index in [2.05, 4.69) is 10.4 Å². The molecule has 0 aliphatic carbocycles. The summed E-state index contributed by atoms with van der Waals surface area (Å²) in [5.74, 6) is -3.75. The number of aryl methyl sites for hydroxylation is 1. The minimum absolute atomic E-state index is 0.130. The van der Waals surface area contributed by atoms with Crippen molar-refractivity contribution in [3.8, 4) is 0 Å². The number of carbonyl (C=O) groups excluding carboxylic acids is 1. The van der Waals surface area contributed by atoms with Crippen LogP contribution in [0.4, 0.5) is 8.78 Å². The van der Waals surface area contributed by atoms with Crippen LogP contribution in [0.2, 0.25) is 0 Å². The van der Waals surface area contributed by atoms with Crippen molar-refractivity contribution < 1.29 is 13.6 Å². The van der Waals surface area contributed by atoms with Gasteiger partial charge < -0.3 is 11.1 Å². The molecule has 1 aromatic carbocycles. The lowest BCUT2D eigenvalue weighted by Crippen LogP contribution is -2.41. The second-order valence-corrected chi connectivity index (χ2v) is 4.23. The van der Waals surface area contributed by atoms with Gasteiger partial charge in [0.15, 0.2) is 5.69 Å². The molecule has 0 saturated carbocycles. The maximum Gasteiger partial charge on any atom is 0.277 e. The quantitative estimate of drug-likeness (QED) is 0.865. The summed E-state index contributed by atoms with van der Waals surface area (Å²) in [5.41, 5.74) is 5.80. The summed E-state index contributed by atoms with van der Waals surface area (Å²) < 4.78 is 27.5. The summed E-state index contributed by atoms with van der Waals surface area (Å²) in [4.78, 5) is 11.9. The molecule has 0 bridgehead atoms. The van der Waals surface area contributed by atoms with E-state index in [-0.39, 0.29) is 5.69 Å². The number of nitrogens with one attached hydrogen (secondary N) is 1. The van der Waals surface area contributed by atoms with Gasteiger partial charge in [-0.25, -0.2) is 8.78 Å². The number of hydrogen-bond donors (Lipinski definition) is 2. The number of aromatic nitrogens is 2. The number of benzene rings is 1. The largest absolute Gasteiger partial charge is 0.345 e. The number of halogens is 2. The lowest BCUT2D eigenvalue weighted by molar-refractivity contribution is 0.0118. The summed E-state index contributed by atoms with van der Waals surface area (Å²) >= 11 is 0. The Balaban J connectivity index is 2.23. The molecule has 1 amide bonds. The Morgan fingerprint density at radius 2 is 2.16 bits per heavy atom. The number of alkyl halides is 2. The monoisotopic (exact) mass is 268 g/mol. The first kappa shape index (κ1) is 13.4. The fraction of sp³-hybridized carbons (Fsp3) is 0.333. The van der Waals surface area contributed by atoms with Crippen LogP contribution in [-0.2, 0) is 7.05 Å². The molecule has 0 fully saturated rings. The van der Waals surface area contributed by atoms with Crippen LogP contribution in [0.15, 0.2) is 24.3 Å². The van der Waals surface area contributed by atoms with E-state index in [0.29, 0.717) is 5.39 Å². The molecule has 0 atom stereocenters. The smallest absolute Gasteiger partial charge is 0.277 e. The summed E-state index contributed by atoms with van der Waals surface area (Å²) in [7, 11) is 1.69. The Labute approximate surface area is 108 Å². The van der Waals surface area contributed by atoms with Crippen LogP contribution in [0.3, 0.4) is 0 Å². The van der Waals surface area contributed by atoms with E-state index in [4.69, 9.17) is 5.73 Å². The normalized spacial score (nSPS) is 11.8. The second kappa shape index (κ2) is 4.93. The Morgan fingerprint density at radius 1 is 1.47 bits per heavy atom. The number of fused-ring (bicyclic) bond motifs is 1. The number of rotatable bonds is 4. The fourth-order valence-corrected chi connectivity index (χ4v) is 1.75. The predicted molar refractivity (Wildman–Crippen MR) is 67.0 cm³/mol. The van der Waals surface area contributed by atoms with Crippen molar-refractivity contribution >= 4 is 16.8 Å². The molecule has 0 aliphatic rings. The first-order chi connectivity index (χ1) is 8.94. The molecule has 0 spiro atoms. The average molecular weight is 268 g/mol. The zero-order chi connectivity index (χ0) is 14.0. The second-order valence-electron chi connectivity index (χ2n) is 4.23. The zero-order valence-corrected chi connectivity index (χ0v) is 10.4. The summed E-state index contributed by atoms with van der Waals surface area (Å²) in [6.45, 7) is -1.61. The van der Waals surface area contributed by atoms with Crippen LogP contribution in [0.25, 0.3) is 10.9 Å². The van der Waals surface area contributed by atoms with Crippen LogP contribution in [-0.4, -0.2) is 34.7 Å². The summed E-state index contributed by atoms with van der Waals surface area (Å²) in [6.07, 6.45) is 0. The van der Waals surface area contributed by atoms with Crippen LogP contribution >= 0.6 is 0 Å². The molecule has 0 unspecified atom stereocenters. The Morgan fingerprint density at radius 3 is 2.84 bits per heavy atom. The van der Waals surface area contributed by atoms with Crippen molar-refractivity contribution in [2.45, 2.75) is 5.92 Å². The van der Waals surface area contributed by atoms with E-state index in [9.17, 15) is 13.6 Å². The van der Waals surface area contributed by atoms with Gasteiger partial charge in [0.2, 0.25) is 0 Å². The minimum Gasteiger partial charge on any atom is -0.345 e. The number of para-hydroxylation sites is 1. The lowest BCUT2D eigenvalue weighted by atomic mass is 10.2. The van der Waals surface area contributed by atoms with Gasteiger partial charge in [0.05, 0.1) is 18.6 Å². The highest BCUT2D eigenvalue weighted by Gasteiger charge is 2.28. The predicted octanol–water partition coefficient (Wildman–Crippen LogP) is 0.897. The van der Waals surface area contributed by atoms with Crippen LogP contribution in [0, 0.1) is 0 Å². The van der Waals surface area contributed by atoms with Crippen molar-refractivity contribution in [2.75, 3.05) is 13.1 Å². The van der Waals surface area contributed by atoms with Crippen molar-refractivity contribution in [2.24, 2.45) is 12.8 Å². The number of nitrogens with two attached hydrogens (primary N) is 1. The van der Waals surface area contributed by atoms with Gasteiger partial charge in [-0.3, -0.25) is 9.48 Å². The topological polar surface area (TPSA) is 72.9 Å². The number of hydrogen-bond acceptors (Lipinski definition) is 3. The third kappa shape index (κ3) is 2.70. The molecule has 102 valence electrons. The van der Waals surface area contributed by atoms with Gasteiger partial charge in [-0.15, -0.1) is 0 Å². The van der Waals surface area contributed by atoms with Gasteiger partial charge in [-0.05, 0) is 6.07 Å². The molecular formula is C12H14F2N4O. The standard InChI is InChI=1S/C12H14F2N4O/c1-18-9-5-3-2-4-8(9)10(17-18)11(19)16-7-12(13,14)6-15/h2-5H,6-7,15H2,1H3,(H,16,19). The first-order valence-electron chi connectivity index (χ1n) is 5.72. The van der Waals surface area contributed by atoms with Gasteiger partial charge in [0.25, 0.3) is 11.8 Å². The number of nitrogens with zero attached hydrogens (tertiary/aromatic N) is 2. The lowest BCUT2D eigenvalue weighted by Gasteiger charge is -2.13. The highest BCUT2D eigenvalue weighted by atomic mass is 19.3. The SMILES string of the molecule is Cn1nc(C(=O)NCC(F)(F)CN)c2ccccc21. The number of amides is 1. The molecule has 2 aromatic rings. The maximum atomic E-state index is 13.0. The molecule has 0 radical (unpaired) electrons. The van der Waals surface area contributed by atoms with Gasteiger partial charge in [-0.1, -0.05) is 18.2 Å². The van der Waals surface area contributed by atoms with E-state index >= 15 is 0 Å². The maximum absolute atomic E-state index is 13.0. The van der Waals surface area contributed by atoms with Crippen molar-refractivity contribution in [3.05, 3.63) is 30.0 Å². The molecule has 0 saturated heterocycles. The molecule has 0 aliphatic heterocycles. The molecule has 7 heteroatoms. The van der Waals surface area contributed by atoms with Gasteiger partial charge in [0, 0.05) is 12.4 Å². The molecule has 2 rings (SSSR count). The molecule has 3 N–H and O–H groups in total. The van der Waals surface area contributed by atoms with E-state index < -0.39 is 24.9 Å².